The van der Waals surface area contributed by atoms with Gasteiger partial charge in [0.25, 0.3) is 0 Å². The molecule has 6 heteroatoms. The van der Waals surface area contributed by atoms with Gasteiger partial charge in [0.05, 0.1) is 19.8 Å². The van der Waals surface area contributed by atoms with Crippen molar-refractivity contribution < 1.29 is 19.4 Å². The summed E-state index contributed by atoms with van der Waals surface area (Å²) in [7, 11) is 1.26. The first-order chi connectivity index (χ1) is 7.58. The van der Waals surface area contributed by atoms with Gasteiger partial charge >= 0.3 is 5.97 Å². The zero-order valence-electron chi connectivity index (χ0n) is 9.18. The topological polar surface area (TPSA) is 92.9 Å². The summed E-state index contributed by atoms with van der Waals surface area (Å²) >= 11 is 0. The lowest BCUT2D eigenvalue weighted by molar-refractivity contribution is -0.147. The highest BCUT2D eigenvalue weighted by molar-refractivity contribution is 5.86. The first-order valence-corrected chi connectivity index (χ1v) is 4.98. The van der Waals surface area contributed by atoms with Crippen LogP contribution in [-0.2, 0) is 14.3 Å². The molecule has 0 saturated heterocycles. The minimum Gasteiger partial charge on any atom is -0.468 e. The third kappa shape index (κ3) is 3.04. The molecule has 1 heterocycles. The predicted molar refractivity (Wildman–Crippen MR) is 56.4 cm³/mol. The van der Waals surface area contributed by atoms with Crippen LogP contribution in [0.1, 0.15) is 6.42 Å². The van der Waals surface area contributed by atoms with Gasteiger partial charge in [0.2, 0.25) is 5.91 Å². The molecule has 0 unspecified atom stereocenters. The van der Waals surface area contributed by atoms with Crippen LogP contribution in [-0.4, -0.2) is 54.7 Å². The van der Waals surface area contributed by atoms with Crippen molar-refractivity contribution in [1.29, 1.82) is 0 Å². The van der Waals surface area contributed by atoms with Gasteiger partial charge < -0.3 is 20.5 Å². The van der Waals surface area contributed by atoms with Gasteiger partial charge in [-0.1, -0.05) is 6.08 Å². The molecule has 0 fully saturated rings. The zero-order chi connectivity index (χ0) is 12.1. The Hall–Kier alpha value is -1.40. The molecule has 0 aromatic rings. The quantitative estimate of drug-likeness (QED) is 0.459. The van der Waals surface area contributed by atoms with E-state index >= 15 is 0 Å². The maximum atomic E-state index is 11.7. The van der Waals surface area contributed by atoms with Crippen molar-refractivity contribution in [3.05, 3.63) is 11.6 Å². The van der Waals surface area contributed by atoms with Crippen molar-refractivity contribution in [3.63, 3.8) is 0 Å². The number of carbonyl (C=O) groups is 2. The molecule has 0 spiro atoms. The highest BCUT2D eigenvalue weighted by Crippen LogP contribution is 2.10. The van der Waals surface area contributed by atoms with Gasteiger partial charge in [-0.25, -0.2) is 0 Å². The number of ether oxygens (including phenoxy) is 1. The number of hydrogen-bond acceptors (Lipinski definition) is 5. The van der Waals surface area contributed by atoms with Crippen LogP contribution in [0.15, 0.2) is 11.6 Å². The number of nitrogens with zero attached hydrogens (tertiary/aromatic N) is 1. The van der Waals surface area contributed by atoms with Gasteiger partial charge in [-0.05, 0) is 12.0 Å². The lowest BCUT2D eigenvalue weighted by Gasteiger charge is -2.22. The number of aliphatic hydroxyl groups is 1. The molecule has 3 N–H and O–H groups in total. The smallest absolute Gasteiger partial charge is 0.325 e. The van der Waals surface area contributed by atoms with E-state index in [1.807, 2.05) is 0 Å². The maximum absolute atomic E-state index is 11.7. The molecule has 0 radical (unpaired) electrons. The van der Waals surface area contributed by atoms with E-state index in [9.17, 15) is 9.59 Å². The second kappa shape index (κ2) is 5.62. The highest BCUT2D eigenvalue weighted by Gasteiger charge is 2.26. The number of amides is 1. The van der Waals surface area contributed by atoms with Gasteiger partial charge in [0.1, 0.15) is 6.54 Å². The second-order valence-corrected chi connectivity index (χ2v) is 3.63. The van der Waals surface area contributed by atoms with E-state index in [2.05, 4.69) is 4.74 Å². The lowest BCUT2D eigenvalue weighted by Crippen LogP contribution is -2.45. The third-order valence-electron chi connectivity index (χ3n) is 2.43. The fourth-order valence-electron chi connectivity index (χ4n) is 1.49. The first kappa shape index (κ1) is 12.7. The SMILES string of the molecule is COC(=O)CN1CC(CO)=CC[C@H](N)C1=O. The van der Waals surface area contributed by atoms with Crippen LogP contribution in [0.5, 0.6) is 0 Å². The van der Waals surface area contributed by atoms with Gasteiger partial charge in [-0.2, -0.15) is 0 Å². The van der Waals surface area contributed by atoms with Crippen LogP contribution >= 0.6 is 0 Å². The number of carbonyl (C=O) groups excluding carboxylic acids is 2. The molecule has 6 nitrogen and oxygen atoms in total. The monoisotopic (exact) mass is 228 g/mol. The van der Waals surface area contributed by atoms with E-state index < -0.39 is 12.0 Å². The Bertz CT molecular complexity index is 314. The Morgan fingerprint density at radius 2 is 2.44 bits per heavy atom. The van der Waals surface area contributed by atoms with Gasteiger partial charge in [-0.3, -0.25) is 9.59 Å². The Morgan fingerprint density at radius 1 is 1.75 bits per heavy atom. The fraction of sp³-hybridized carbons (Fsp3) is 0.600. The molecular weight excluding hydrogens is 212 g/mol. The summed E-state index contributed by atoms with van der Waals surface area (Å²) < 4.78 is 4.49. The number of esters is 1. The van der Waals surface area contributed by atoms with Crippen LogP contribution in [0.2, 0.25) is 0 Å². The van der Waals surface area contributed by atoms with Gasteiger partial charge in [-0.15, -0.1) is 0 Å². The standard InChI is InChI=1S/C10H16N2O4/c1-16-9(14)5-12-4-7(6-13)2-3-8(11)10(12)15/h2,8,13H,3-6,11H2,1H3/t8-/m0/s1. The number of rotatable bonds is 3. The first-order valence-electron chi connectivity index (χ1n) is 4.98. The molecule has 1 atom stereocenters. The summed E-state index contributed by atoms with van der Waals surface area (Å²) in [5.74, 6) is -0.801. The van der Waals surface area contributed by atoms with Crippen molar-refractivity contribution in [2.45, 2.75) is 12.5 Å². The van der Waals surface area contributed by atoms with E-state index in [1.54, 1.807) is 6.08 Å². The van der Waals surface area contributed by atoms with Crippen LogP contribution in [0.4, 0.5) is 0 Å². The number of methoxy groups -OCH3 is 1. The van der Waals surface area contributed by atoms with E-state index in [0.717, 1.165) is 0 Å². The highest BCUT2D eigenvalue weighted by atomic mass is 16.5. The summed E-state index contributed by atoms with van der Waals surface area (Å²) in [6.45, 7) is -0.0593. The lowest BCUT2D eigenvalue weighted by atomic mass is 10.2. The molecule has 1 aliphatic heterocycles. The van der Waals surface area contributed by atoms with Crippen LogP contribution in [0, 0.1) is 0 Å². The van der Waals surface area contributed by atoms with Crippen LogP contribution in [0.3, 0.4) is 0 Å². The Balaban J connectivity index is 2.75. The molecule has 1 rings (SSSR count). The van der Waals surface area contributed by atoms with E-state index in [-0.39, 0.29) is 25.6 Å². The van der Waals surface area contributed by atoms with E-state index in [0.29, 0.717) is 12.0 Å². The summed E-state index contributed by atoms with van der Waals surface area (Å²) in [5, 5.41) is 9.03. The van der Waals surface area contributed by atoms with E-state index in [4.69, 9.17) is 10.8 Å². The molecule has 0 bridgehead atoms. The molecule has 0 aliphatic carbocycles. The fourth-order valence-corrected chi connectivity index (χ4v) is 1.49. The van der Waals surface area contributed by atoms with Crippen molar-refractivity contribution in [2.24, 2.45) is 5.73 Å². The molecule has 0 saturated carbocycles. The predicted octanol–water partition coefficient (Wildman–Crippen LogP) is -1.36. The average Bonchev–Trinajstić information content (AvgIpc) is 2.42. The normalized spacial score (nSPS) is 21.4. The summed E-state index contributed by atoms with van der Waals surface area (Å²) in [6, 6.07) is -0.659. The van der Waals surface area contributed by atoms with Crippen LogP contribution < -0.4 is 5.73 Å². The van der Waals surface area contributed by atoms with E-state index in [1.165, 1.54) is 12.0 Å². The largest absolute Gasteiger partial charge is 0.468 e. The molecule has 1 amide bonds. The molecule has 16 heavy (non-hydrogen) atoms. The van der Waals surface area contributed by atoms with Crippen molar-refractivity contribution in [1.82, 2.24) is 4.90 Å². The third-order valence-corrected chi connectivity index (χ3v) is 2.43. The molecule has 90 valence electrons. The van der Waals surface area contributed by atoms with Crippen molar-refractivity contribution >= 4 is 11.9 Å². The Morgan fingerprint density at radius 3 is 3.00 bits per heavy atom. The minimum atomic E-state index is -0.659. The van der Waals surface area contributed by atoms with Crippen molar-refractivity contribution in [3.8, 4) is 0 Å². The summed E-state index contributed by atoms with van der Waals surface area (Å²) in [5.41, 5.74) is 6.32. The summed E-state index contributed by atoms with van der Waals surface area (Å²) in [6.07, 6.45) is 2.12. The second-order valence-electron chi connectivity index (χ2n) is 3.63. The van der Waals surface area contributed by atoms with Gasteiger partial charge in [0, 0.05) is 6.54 Å². The number of nitrogens with two attached hydrogens (primary N) is 1. The van der Waals surface area contributed by atoms with Crippen LogP contribution in [0.25, 0.3) is 0 Å². The van der Waals surface area contributed by atoms with Crippen molar-refractivity contribution in [2.75, 3.05) is 26.8 Å². The number of aliphatic hydroxyl groups excluding tert-OH is 1. The zero-order valence-corrected chi connectivity index (χ0v) is 9.18. The Labute approximate surface area is 93.7 Å². The molecule has 0 aromatic carbocycles. The molecular formula is C10H16N2O4. The minimum absolute atomic E-state index is 0.139. The molecule has 1 aliphatic rings. The molecule has 0 aromatic heterocycles. The number of hydrogen-bond donors (Lipinski definition) is 2. The Kier molecular flexibility index (Phi) is 4.45. The average molecular weight is 228 g/mol. The summed E-state index contributed by atoms with van der Waals surface area (Å²) in [4.78, 5) is 24.1. The maximum Gasteiger partial charge on any atom is 0.325 e. The van der Waals surface area contributed by atoms with Gasteiger partial charge in [0.15, 0.2) is 0 Å².